The number of halogens is 2. The largest absolute Gasteiger partial charge is 0.325 e. The fourth-order valence-electron chi connectivity index (χ4n) is 4.00. The molecular formula is C23H24ClFN6O3S. The first-order valence-electron chi connectivity index (χ1n) is 11.2. The molecule has 9 nitrogen and oxygen atoms in total. The minimum Gasteiger partial charge on any atom is -0.325 e. The number of nitrogens with one attached hydrogen (secondary N) is 1. The van der Waals surface area contributed by atoms with Crippen molar-refractivity contribution >= 4 is 40.6 Å². The highest BCUT2D eigenvalue weighted by molar-refractivity contribution is 7.99. The van der Waals surface area contributed by atoms with Gasteiger partial charge in [0.2, 0.25) is 5.91 Å². The van der Waals surface area contributed by atoms with Gasteiger partial charge in [0, 0.05) is 17.4 Å². The number of nitro groups is 1. The maximum Gasteiger partial charge on any atom is 0.289 e. The number of nitro benzene ring substituents is 1. The molecule has 0 spiro atoms. The van der Waals surface area contributed by atoms with E-state index >= 15 is 0 Å². The van der Waals surface area contributed by atoms with Gasteiger partial charge in [-0.15, -0.1) is 10.2 Å². The maximum atomic E-state index is 13.6. The summed E-state index contributed by atoms with van der Waals surface area (Å²) in [5.74, 6) is -0.00727. The third-order valence-electron chi connectivity index (χ3n) is 5.81. The lowest BCUT2D eigenvalue weighted by atomic mass is 10.1. The van der Waals surface area contributed by atoms with E-state index in [1.54, 1.807) is 12.1 Å². The van der Waals surface area contributed by atoms with Crippen molar-refractivity contribution in [3.8, 4) is 5.69 Å². The zero-order valence-corrected chi connectivity index (χ0v) is 20.6. The number of anilines is 1. The number of hydrogen-bond donors (Lipinski definition) is 1. The van der Waals surface area contributed by atoms with E-state index in [0.717, 1.165) is 31.8 Å². The number of benzene rings is 2. The van der Waals surface area contributed by atoms with Crippen molar-refractivity contribution in [3.05, 3.63) is 69.2 Å². The number of rotatable bonds is 8. The van der Waals surface area contributed by atoms with E-state index in [2.05, 4.69) is 27.3 Å². The Morgan fingerprint density at radius 2 is 1.91 bits per heavy atom. The topological polar surface area (TPSA) is 106 Å². The molecule has 0 aliphatic carbocycles. The fourth-order valence-corrected chi connectivity index (χ4v) is 4.95. The zero-order valence-electron chi connectivity index (χ0n) is 19.0. The van der Waals surface area contributed by atoms with Crippen LogP contribution in [-0.2, 0) is 4.79 Å². The van der Waals surface area contributed by atoms with Crippen LogP contribution in [0.2, 0.25) is 5.02 Å². The summed E-state index contributed by atoms with van der Waals surface area (Å²) in [4.78, 5) is 25.4. The van der Waals surface area contributed by atoms with Gasteiger partial charge in [0.1, 0.15) is 10.8 Å². The molecule has 12 heteroatoms. The molecule has 3 aromatic rings. The van der Waals surface area contributed by atoms with Crippen LogP contribution in [0.25, 0.3) is 5.69 Å². The summed E-state index contributed by atoms with van der Waals surface area (Å²) in [5.41, 5.74) is 0.683. The fraction of sp³-hybridized carbons (Fsp3) is 0.348. The average molecular weight is 519 g/mol. The van der Waals surface area contributed by atoms with Crippen molar-refractivity contribution in [1.82, 2.24) is 19.7 Å². The number of carbonyl (C=O) groups excluding carboxylic acids is 1. The Morgan fingerprint density at radius 3 is 2.60 bits per heavy atom. The number of nitrogens with zero attached hydrogens (tertiary/aromatic N) is 5. The van der Waals surface area contributed by atoms with Gasteiger partial charge in [0.05, 0.1) is 16.7 Å². The molecule has 0 radical (unpaired) electrons. The Balaban J connectivity index is 1.53. The van der Waals surface area contributed by atoms with E-state index in [9.17, 15) is 19.3 Å². The molecule has 1 N–H and O–H groups in total. The third kappa shape index (κ3) is 5.98. The molecule has 1 saturated heterocycles. The van der Waals surface area contributed by atoms with E-state index in [1.165, 1.54) is 48.5 Å². The van der Waals surface area contributed by atoms with Gasteiger partial charge in [-0.3, -0.25) is 24.4 Å². The van der Waals surface area contributed by atoms with Crippen LogP contribution < -0.4 is 5.32 Å². The van der Waals surface area contributed by atoms with Gasteiger partial charge in [-0.1, -0.05) is 29.8 Å². The summed E-state index contributed by atoms with van der Waals surface area (Å²) in [7, 11) is 0. The van der Waals surface area contributed by atoms with Gasteiger partial charge in [0.15, 0.2) is 11.0 Å². The Kier molecular flexibility index (Phi) is 7.99. The predicted molar refractivity (Wildman–Crippen MR) is 133 cm³/mol. The summed E-state index contributed by atoms with van der Waals surface area (Å²) >= 11 is 7.01. The number of likely N-dealkylation sites (tertiary alicyclic amines) is 1. The van der Waals surface area contributed by atoms with E-state index in [0.29, 0.717) is 10.8 Å². The van der Waals surface area contributed by atoms with Gasteiger partial charge in [-0.05, 0) is 69.3 Å². The zero-order chi connectivity index (χ0) is 24.9. The molecule has 1 aliphatic rings. The van der Waals surface area contributed by atoms with Crippen LogP contribution >= 0.6 is 23.4 Å². The van der Waals surface area contributed by atoms with Crippen molar-refractivity contribution in [1.29, 1.82) is 0 Å². The van der Waals surface area contributed by atoms with Crippen LogP contribution in [0, 0.1) is 15.9 Å². The molecule has 35 heavy (non-hydrogen) atoms. The van der Waals surface area contributed by atoms with Crippen LogP contribution in [-0.4, -0.2) is 49.3 Å². The Morgan fingerprint density at radius 1 is 1.20 bits per heavy atom. The van der Waals surface area contributed by atoms with Gasteiger partial charge in [0.25, 0.3) is 5.69 Å². The molecule has 184 valence electrons. The SMILES string of the molecule is C[C@@H](c1nnc(SCC(=O)Nc2ccc(Cl)c([N+](=O)[O-])c2)n1-c1ccc(F)cc1)N1CCCCC1. The average Bonchev–Trinajstić information content (AvgIpc) is 3.28. The Labute approximate surface area is 210 Å². The van der Waals surface area contributed by atoms with Gasteiger partial charge < -0.3 is 5.32 Å². The summed E-state index contributed by atoms with van der Waals surface area (Å²) in [5, 5.41) is 23.0. The van der Waals surface area contributed by atoms with Gasteiger partial charge in [-0.2, -0.15) is 0 Å². The minimum absolute atomic E-state index is 0.00610. The maximum absolute atomic E-state index is 13.6. The Bertz CT molecular complexity index is 1220. The normalized spacial score (nSPS) is 15.1. The first-order valence-corrected chi connectivity index (χ1v) is 12.5. The van der Waals surface area contributed by atoms with Gasteiger partial charge >= 0.3 is 0 Å². The molecule has 4 rings (SSSR count). The number of carbonyl (C=O) groups is 1. The second-order valence-electron chi connectivity index (χ2n) is 8.19. The molecule has 0 saturated carbocycles. The number of piperidine rings is 1. The second-order valence-corrected chi connectivity index (χ2v) is 9.54. The monoisotopic (exact) mass is 518 g/mol. The molecule has 1 fully saturated rings. The molecule has 2 heterocycles. The first-order chi connectivity index (χ1) is 16.8. The summed E-state index contributed by atoms with van der Waals surface area (Å²) in [6.45, 7) is 4.01. The Hall–Kier alpha value is -3.02. The molecule has 1 aliphatic heterocycles. The number of thioether (sulfide) groups is 1. The van der Waals surface area contributed by atoms with Crippen LogP contribution in [0.1, 0.15) is 38.1 Å². The van der Waals surface area contributed by atoms with Gasteiger partial charge in [-0.25, -0.2) is 4.39 Å². The summed E-state index contributed by atoms with van der Waals surface area (Å²) < 4.78 is 15.4. The summed E-state index contributed by atoms with van der Waals surface area (Å²) in [6.07, 6.45) is 3.46. The van der Waals surface area contributed by atoms with Crippen molar-refractivity contribution < 1.29 is 14.1 Å². The van der Waals surface area contributed by atoms with Crippen molar-refractivity contribution in [3.63, 3.8) is 0 Å². The van der Waals surface area contributed by atoms with Crippen molar-refractivity contribution in [2.24, 2.45) is 0 Å². The second kappa shape index (κ2) is 11.1. The molecule has 1 amide bonds. The van der Waals surface area contributed by atoms with E-state index < -0.39 is 4.92 Å². The highest BCUT2D eigenvalue weighted by Crippen LogP contribution is 2.30. The van der Waals surface area contributed by atoms with E-state index in [-0.39, 0.29) is 39.9 Å². The number of amides is 1. The van der Waals surface area contributed by atoms with Crippen molar-refractivity contribution in [2.45, 2.75) is 37.4 Å². The molecule has 0 bridgehead atoms. The molecular weight excluding hydrogens is 495 g/mol. The summed E-state index contributed by atoms with van der Waals surface area (Å²) in [6, 6.07) is 10.1. The van der Waals surface area contributed by atoms with Crippen LogP contribution in [0.3, 0.4) is 0 Å². The van der Waals surface area contributed by atoms with Crippen molar-refractivity contribution in [2.75, 3.05) is 24.2 Å². The lowest BCUT2D eigenvalue weighted by molar-refractivity contribution is -0.384. The smallest absolute Gasteiger partial charge is 0.289 e. The standard InChI is InChI=1S/C23H24ClFN6O3S/c1-15(29-11-3-2-4-12-29)22-27-28-23(30(22)18-8-5-16(25)6-9-18)35-14-21(32)26-17-7-10-19(24)20(13-17)31(33)34/h5-10,13,15H,2-4,11-12,14H2,1H3,(H,26,32)/t15-/m0/s1. The molecule has 1 atom stereocenters. The van der Waals surface area contributed by atoms with Crippen LogP contribution in [0.15, 0.2) is 47.6 Å². The molecule has 2 aromatic carbocycles. The molecule has 1 aromatic heterocycles. The highest BCUT2D eigenvalue weighted by Gasteiger charge is 2.26. The number of aromatic nitrogens is 3. The third-order valence-corrected chi connectivity index (χ3v) is 7.06. The highest BCUT2D eigenvalue weighted by atomic mass is 35.5. The quantitative estimate of drug-likeness (QED) is 0.247. The lowest BCUT2D eigenvalue weighted by Gasteiger charge is -2.31. The van der Waals surface area contributed by atoms with Crippen LogP contribution in [0.4, 0.5) is 15.8 Å². The minimum atomic E-state index is -0.608. The lowest BCUT2D eigenvalue weighted by Crippen LogP contribution is -2.33. The van der Waals surface area contributed by atoms with E-state index in [1.807, 2.05) is 4.57 Å². The van der Waals surface area contributed by atoms with Crippen LogP contribution in [0.5, 0.6) is 0 Å². The molecule has 0 unspecified atom stereocenters. The predicted octanol–water partition coefficient (Wildman–Crippen LogP) is 5.25. The number of hydrogen-bond acceptors (Lipinski definition) is 7. The first kappa shape index (κ1) is 25.1. The van der Waals surface area contributed by atoms with E-state index in [4.69, 9.17) is 11.6 Å².